The monoisotopic (exact) mass is 288 g/mol. The molecule has 108 valence electrons. The second-order valence-electron chi connectivity index (χ2n) is 4.13. The largest absolute Gasteiger partial charge is 0.479 e. The molecule has 20 heavy (non-hydrogen) atoms. The summed E-state index contributed by atoms with van der Waals surface area (Å²) in [6.07, 6.45) is -1.24. The van der Waals surface area contributed by atoms with Crippen molar-refractivity contribution in [1.29, 1.82) is 0 Å². The zero-order chi connectivity index (χ0) is 14.9. The molecule has 0 spiro atoms. The topological polar surface area (TPSA) is 92.9 Å². The van der Waals surface area contributed by atoms with Gasteiger partial charge in [0.2, 0.25) is 0 Å². The van der Waals surface area contributed by atoms with Crippen LogP contribution in [0.25, 0.3) is 0 Å². The van der Waals surface area contributed by atoms with Crippen LogP contribution in [0.4, 0.5) is 20.2 Å². The number of carbonyl (C=O) groups is 1. The molecule has 2 rings (SSSR count). The molecule has 0 aromatic heterocycles. The molecule has 0 saturated carbocycles. The normalized spacial score (nSPS) is 18.9. The highest BCUT2D eigenvalue weighted by Crippen LogP contribution is 2.33. The third-order valence-electron chi connectivity index (χ3n) is 2.90. The van der Waals surface area contributed by atoms with E-state index in [9.17, 15) is 23.7 Å². The molecule has 0 aliphatic carbocycles. The number of aliphatic carboxylic acids is 1. The Hall–Kier alpha value is -2.29. The van der Waals surface area contributed by atoms with Crippen LogP contribution < -0.4 is 4.90 Å². The number of nitro groups is 1. The average Bonchev–Trinajstić information content (AvgIpc) is 2.41. The van der Waals surface area contributed by atoms with Gasteiger partial charge >= 0.3 is 5.97 Å². The van der Waals surface area contributed by atoms with Crippen molar-refractivity contribution in [2.24, 2.45) is 0 Å². The van der Waals surface area contributed by atoms with E-state index in [0.29, 0.717) is 6.07 Å². The maximum atomic E-state index is 13.8. The number of benzene rings is 1. The Morgan fingerprint density at radius 3 is 2.80 bits per heavy atom. The van der Waals surface area contributed by atoms with Crippen molar-refractivity contribution in [2.75, 3.05) is 24.6 Å². The van der Waals surface area contributed by atoms with Gasteiger partial charge in [-0.25, -0.2) is 13.6 Å². The molecule has 1 aromatic carbocycles. The summed E-state index contributed by atoms with van der Waals surface area (Å²) in [6, 6.07) is 1.51. The molecular formula is C11H10F2N2O5. The number of rotatable bonds is 3. The molecule has 1 aromatic rings. The Kier molecular flexibility index (Phi) is 3.79. The van der Waals surface area contributed by atoms with Crippen LogP contribution in [0.5, 0.6) is 0 Å². The van der Waals surface area contributed by atoms with Gasteiger partial charge in [-0.05, 0) is 6.07 Å². The Morgan fingerprint density at radius 2 is 2.20 bits per heavy atom. The standard InChI is InChI=1S/C11H10F2N2O5/c12-6-1-2-7(15(18)19)10(9(6)13)14-3-4-20-8(5-14)11(16)17/h1-2,8H,3-5H2,(H,16,17). The summed E-state index contributed by atoms with van der Waals surface area (Å²) in [5.41, 5.74) is -1.17. The number of nitro benzene ring substituents is 1. The van der Waals surface area contributed by atoms with Crippen molar-refractivity contribution < 1.29 is 28.3 Å². The average molecular weight is 288 g/mol. The van der Waals surface area contributed by atoms with Gasteiger partial charge in [-0.2, -0.15) is 0 Å². The number of halogens is 2. The van der Waals surface area contributed by atoms with Crippen LogP contribution in [0, 0.1) is 21.7 Å². The van der Waals surface area contributed by atoms with Crippen LogP contribution in [0.2, 0.25) is 0 Å². The van der Waals surface area contributed by atoms with Crippen molar-refractivity contribution in [3.8, 4) is 0 Å². The highest BCUT2D eigenvalue weighted by Gasteiger charge is 2.33. The zero-order valence-corrected chi connectivity index (χ0v) is 10.1. The van der Waals surface area contributed by atoms with Crippen molar-refractivity contribution in [1.82, 2.24) is 0 Å². The molecule has 9 heteroatoms. The second kappa shape index (κ2) is 5.37. The smallest absolute Gasteiger partial charge is 0.334 e. The number of anilines is 1. The van der Waals surface area contributed by atoms with E-state index < -0.39 is 40.0 Å². The number of carboxylic acid groups (broad SMARTS) is 1. The highest BCUT2D eigenvalue weighted by molar-refractivity contribution is 5.74. The summed E-state index contributed by atoms with van der Waals surface area (Å²) in [5, 5.41) is 19.7. The van der Waals surface area contributed by atoms with Crippen molar-refractivity contribution in [3.05, 3.63) is 33.9 Å². The lowest BCUT2D eigenvalue weighted by Gasteiger charge is -2.32. The SMILES string of the molecule is O=C(O)C1CN(c2c([N+](=O)[O-])ccc(F)c2F)CCO1. The minimum Gasteiger partial charge on any atom is -0.479 e. The molecule has 7 nitrogen and oxygen atoms in total. The van der Waals surface area contributed by atoms with E-state index in [1.807, 2.05) is 0 Å². The van der Waals surface area contributed by atoms with Crippen LogP contribution >= 0.6 is 0 Å². The van der Waals surface area contributed by atoms with Gasteiger partial charge < -0.3 is 14.7 Å². The molecule has 1 unspecified atom stereocenters. The van der Waals surface area contributed by atoms with Crippen molar-refractivity contribution >= 4 is 17.3 Å². The molecular weight excluding hydrogens is 278 g/mol. The Balaban J connectivity index is 2.43. The van der Waals surface area contributed by atoms with E-state index in [2.05, 4.69) is 0 Å². The first-order valence-corrected chi connectivity index (χ1v) is 5.63. The van der Waals surface area contributed by atoms with Crippen LogP contribution in [-0.4, -0.2) is 41.8 Å². The molecule has 1 N–H and O–H groups in total. The van der Waals surface area contributed by atoms with E-state index in [1.54, 1.807) is 0 Å². The van der Waals surface area contributed by atoms with E-state index in [-0.39, 0.29) is 19.7 Å². The lowest BCUT2D eigenvalue weighted by Crippen LogP contribution is -2.46. The lowest BCUT2D eigenvalue weighted by molar-refractivity contribution is -0.384. The fraction of sp³-hybridized carbons (Fsp3) is 0.364. The van der Waals surface area contributed by atoms with E-state index in [1.165, 1.54) is 0 Å². The maximum absolute atomic E-state index is 13.8. The van der Waals surface area contributed by atoms with Gasteiger partial charge in [0.1, 0.15) is 0 Å². The summed E-state index contributed by atoms with van der Waals surface area (Å²) in [4.78, 5) is 22.0. The summed E-state index contributed by atoms with van der Waals surface area (Å²) in [7, 11) is 0. The third kappa shape index (κ3) is 2.52. The summed E-state index contributed by atoms with van der Waals surface area (Å²) in [5.74, 6) is -3.87. The Labute approximate surface area is 111 Å². The van der Waals surface area contributed by atoms with Crippen molar-refractivity contribution in [2.45, 2.75) is 6.10 Å². The number of carboxylic acids is 1. The number of hydrogen-bond acceptors (Lipinski definition) is 5. The number of morpholine rings is 1. The van der Waals surface area contributed by atoms with Crippen LogP contribution in [0.1, 0.15) is 0 Å². The van der Waals surface area contributed by atoms with Gasteiger partial charge in [-0.1, -0.05) is 0 Å². The molecule has 1 aliphatic rings. The first-order chi connectivity index (χ1) is 9.41. The number of nitrogens with zero attached hydrogens (tertiary/aromatic N) is 2. The van der Waals surface area contributed by atoms with E-state index in [4.69, 9.17) is 9.84 Å². The first kappa shape index (κ1) is 14.1. The lowest BCUT2D eigenvalue weighted by atomic mass is 10.2. The van der Waals surface area contributed by atoms with Crippen LogP contribution in [0.15, 0.2) is 12.1 Å². The fourth-order valence-electron chi connectivity index (χ4n) is 1.98. The molecule has 1 aliphatic heterocycles. The van der Waals surface area contributed by atoms with E-state index >= 15 is 0 Å². The first-order valence-electron chi connectivity index (χ1n) is 5.63. The predicted octanol–water partition coefficient (Wildman–Crippen LogP) is 1.16. The third-order valence-corrected chi connectivity index (χ3v) is 2.90. The van der Waals surface area contributed by atoms with Gasteiger partial charge in [0.05, 0.1) is 18.1 Å². The Morgan fingerprint density at radius 1 is 1.50 bits per heavy atom. The Bertz CT molecular complexity index is 566. The molecule has 1 fully saturated rings. The summed E-state index contributed by atoms with van der Waals surface area (Å²) in [6.45, 7) is -0.314. The minimum absolute atomic E-state index is 0.0327. The van der Waals surface area contributed by atoms with Gasteiger partial charge in [-0.15, -0.1) is 0 Å². The molecule has 1 atom stereocenters. The zero-order valence-electron chi connectivity index (χ0n) is 10.1. The quantitative estimate of drug-likeness (QED) is 0.662. The predicted molar refractivity (Wildman–Crippen MR) is 62.6 cm³/mol. The molecule has 0 bridgehead atoms. The summed E-state index contributed by atoms with van der Waals surface area (Å²) < 4.78 is 32.0. The van der Waals surface area contributed by atoms with Crippen LogP contribution in [0.3, 0.4) is 0 Å². The molecule has 1 saturated heterocycles. The second-order valence-corrected chi connectivity index (χ2v) is 4.13. The van der Waals surface area contributed by atoms with Gasteiger partial charge in [0, 0.05) is 12.6 Å². The molecule has 1 heterocycles. The minimum atomic E-state index is -1.37. The number of ether oxygens (including phenoxy) is 1. The molecule has 0 amide bonds. The van der Waals surface area contributed by atoms with Gasteiger partial charge in [-0.3, -0.25) is 10.1 Å². The highest BCUT2D eigenvalue weighted by atomic mass is 19.2. The van der Waals surface area contributed by atoms with Gasteiger partial charge in [0.15, 0.2) is 23.4 Å². The van der Waals surface area contributed by atoms with Crippen LogP contribution in [-0.2, 0) is 9.53 Å². The van der Waals surface area contributed by atoms with Crippen molar-refractivity contribution in [3.63, 3.8) is 0 Å². The van der Waals surface area contributed by atoms with E-state index in [0.717, 1.165) is 11.0 Å². The summed E-state index contributed by atoms with van der Waals surface area (Å²) >= 11 is 0. The maximum Gasteiger partial charge on any atom is 0.334 e. The fourth-order valence-corrected chi connectivity index (χ4v) is 1.98. The molecule has 0 radical (unpaired) electrons. The number of hydrogen-bond donors (Lipinski definition) is 1. The van der Waals surface area contributed by atoms with Gasteiger partial charge in [0.25, 0.3) is 5.69 Å².